The number of rotatable bonds is 4. The van der Waals surface area contributed by atoms with Gasteiger partial charge in [0.1, 0.15) is 0 Å². The SMILES string of the molecule is CC#CCNC(CN)c1ccc(C(C)(C)C)s1. The Kier molecular flexibility index (Phi) is 5.20. The standard InChI is InChI=1S/C14H22N2S/c1-5-6-9-16-11(10-15)12-7-8-13(17-12)14(2,3)4/h7-8,11,16H,9-10,15H2,1-4H3. The zero-order valence-corrected chi connectivity index (χ0v) is 11.9. The van der Waals surface area contributed by atoms with E-state index in [2.05, 4.69) is 50.1 Å². The first kappa shape index (κ1) is 14.2. The van der Waals surface area contributed by atoms with Gasteiger partial charge in [0.05, 0.1) is 12.6 Å². The predicted molar refractivity (Wildman–Crippen MR) is 76.3 cm³/mol. The summed E-state index contributed by atoms with van der Waals surface area (Å²) in [5.41, 5.74) is 6.01. The molecule has 1 aromatic rings. The molecule has 0 saturated heterocycles. The van der Waals surface area contributed by atoms with Gasteiger partial charge in [0.2, 0.25) is 0 Å². The molecule has 0 aliphatic heterocycles. The maximum absolute atomic E-state index is 5.80. The monoisotopic (exact) mass is 250 g/mol. The Bertz CT molecular complexity index is 404. The molecule has 0 fully saturated rings. The third-order valence-electron chi connectivity index (χ3n) is 2.56. The molecule has 1 atom stereocenters. The summed E-state index contributed by atoms with van der Waals surface area (Å²) in [6, 6.07) is 4.60. The summed E-state index contributed by atoms with van der Waals surface area (Å²) in [6.07, 6.45) is 0. The van der Waals surface area contributed by atoms with Gasteiger partial charge in [0.25, 0.3) is 0 Å². The van der Waals surface area contributed by atoms with Crippen LogP contribution in [0.4, 0.5) is 0 Å². The van der Waals surface area contributed by atoms with Crippen molar-refractivity contribution in [3.8, 4) is 11.8 Å². The average Bonchev–Trinajstić information content (AvgIpc) is 2.73. The Balaban J connectivity index is 2.74. The van der Waals surface area contributed by atoms with Crippen LogP contribution in [-0.4, -0.2) is 13.1 Å². The van der Waals surface area contributed by atoms with Crippen LogP contribution in [0, 0.1) is 11.8 Å². The molecule has 0 amide bonds. The van der Waals surface area contributed by atoms with Crippen LogP contribution in [0.1, 0.15) is 43.5 Å². The van der Waals surface area contributed by atoms with Crippen molar-refractivity contribution >= 4 is 11.3 Å². The number of thiophene rings is 1. The van der Waals surface area contributed by atoms with E-state index in [1.807, 2.05) is 18.3 Å². The van der Waals surface area contributed by atoms with E-state index in [0.717, 1.165) is 0 Å². The van der Waals surface area contributed by atoms with E-state index in [1.165, 1.54) is 9.75 Å². The van der Waals surface area contributed by atoms with Crippen molar-refractivity contribution in [2.75, 3.05) is 13.1 Å². The smallest absolute Gasteiger partial charge is 0.0581 e. The summed E-state index contributed by atoms with van der Waals surface area (Å²) < 4.78 is 0. The molecule has 3 N–H and O–H groups in total. The van der Waals surface area contributed by atoms with E-state index in [-0.39, 0.29) is 11.5 Å². The van der Waals surface area contributed by atoms with Gasteiger partial charge >= 0.3 is 0 Å². The lowest BCUT2D eigenvalue weighted by atomic mass is 9.95. The minimum atomic E-state index is 0.214. The largest absolute Gasteiger partial charge is 0.329 e. The molecule has 0 aromatic carbocycles. The molecule has 0 radical (unpaired) electrons. The summed E-state index contributed by atoms with van der Waals surface area (Å²) >= 11 is 1.84. The quantitative estimate of drug-likeness (QED) is 0.806. The van der Waals surface area contributed by atoms with Crippen LogP contribution in [0.15, 0.2) is 12.1 Å². The van der Waals surface area contributed by atoms with Crippen molar-refractivity contribution in [1.29, 1.82) is 0 Å². The maximum Gasteiger partial charge on any atom is 0.0581 e. The summed E-state index contributed by atoms with van der Waals surface area (Å²) in [6.45, 7) is 9.85. The third-order valence-corrected chi connectivity index (χ3v) is 4.18. The first-order valence-corrected chi connectivity index (χ1v) is 6.74. The Morgan fingerprint density at radius 2 is 2.12 bits per heavy atom. The fourth-order valence-electron chi connectivity index (χ4n) is 1.51. The van der Waals surface area contributed by atoms with E-state index in [0.29, 0.717) is 13.1 Å². The number of nitrogens with one attached hydrogen (secondary N) is 1. The Hall–Kier alpha value is -0.820. The first-order valence-electron chi connectivity index (χ1n) is 5.92. The number of hydrogen-bond donors (Lipinski definition) is 2. The summed E-state index contributed by atoms with van der Waals surface area (Å²) in [5, 5.41) is 3.36. The average molecular weight is 250 g/mol. The van der Waals surface area contributed by atoms with Crippen LogP contribution < -0.4 is 11.1 Å². The van der Waals surface area contributed by atoms with E-state index in [4.69, 9.17) is 5.73 Å². The molecule has 17 heavy (non-hydrogen) atoms. The molecule has 0 aliphatic carbocycles. The van der Waals surface area contributed by atoms with E-state index in [9.17, 15) is 0 Å². The normalized spacial score (nSPS) is 13.0. The fourth-order valence-corrected chi connectivity index (χ4v) is 2.66. The van der Waals surface area contributed by atoms with Crippen molar-refractivity contribution < 1.29 is 0 Å². The van der Waals surface area contributed by atoms with E-state index in [1.54, 1.807) is 0 Å². The highest BCUT2D eigenvalue weighted by Crippen LogP contribution is 2.31. The van der Waals surface area contributed by atoms with Gasteiger partial charge in [0.15, 0.2) is 0 Å². The third kappa shape index (κ3) is 4.16. The van der Waals surface area contributed by atoms with Crippen molar-refractivity contribution in [3.63, 3.8) is 0 Å². The second-order valence-corrected chi connectivity index (χ2v) is 6.16. The van der Waals surface area contributed by atoms with Crippen molar-refractivity contribution in [1.82, 2.24) is 5.32 Å². The highest BCUT2D eigenvalue weighted by Gasteiger charge is 2.18. The molecule has 0 bridgehead atoms. The molecule has 1 rings (SSSR count). The molecular weight excluding hydrogens is 228 g/mol. The van der Waals surface area contributed by atoms with Crippen LogP contribution in [0.3, 0.4) is 0 Å². The zero-order chi connectivity index (χ0) is 12.9. The Morgan fingerprint density at radius 3 is 2.59 bits per heavy atom. The van der Waals surface area contributed by atoms with Crippen LogP contribution in [0.5, 0.6) is 0 Å². The van der Waals surface area contributed by atoms with Gasteiger partial charge < -0.3 is 5.73 Å². The van der Waals surface area contributed by atoms with Crippen molar-refractivity contribution in [2.45, 2.75) is 39.2 Å². The fraction of sp³-hybridized carbons (Fsp3) is 0.571. The van der Waals surface area contributed by atoms with Crippen LogP contribution in [0.2, 0.25) is 0 Å². The minimum absolute atomic E-state index is 0.214. The van der Waals surface area contributed by atoms with Gasteiger partial charge in [0, 0.05) is 16.3 Å². The molecule has 1 aromatic heterocycles. The predicted octanol–water partition coefficient (Wildman–Crippen LogP) is 2.66. The summed E-state index contributed by atoms with van der Waals surface area (Å²) in [7, 11) is 0. The van der Waals surface area contributed by atoms with Gasteiger partial charge in [-0.2, -0.15) is 0 Å². The Labute approximate surface area is 109 Å². The molecule has 1 heterocycles. The molecule has 2 nitrogen and oxygen atoms in total. The molecular formula is C14H22N2S. The molecule has 3 heteroatoms. The van der Waals surface area contributed by atoms with Crippen LogP contribution in [0.25, 0.3) is 0 Å². The molecule has 94 valence electrons. The molecule has 0 saturated carbocycles. The number of hydrogen-bond acceptors (Lipinski definition) is 3. The number of nitrogens with two attached hydrogens (primary N) is 1. The second kappa shape index (κ2) is 6.20. The summed E-state index contributed by atoms with van der Waals surface area (Å²) in [5.74, 6) is 5.89. The molecule has 0 aliphatic rings. The van der Waals surface area contributed by atoms with Crippen LogP contribution >= 0.6 is 11.3 Å². The molecule has 1 unspecified atom stereocenters. The van der Waals surface area contributed by atoms with E-state index < -0.39 is 0 Å². The minimum Gasteiger partial charge on any atom is -0.329 e. The highest BCUT2D eigenvalue weighted by molar-refractivity contribution is 7.12. The highest BCUT2D eigenvalue weighted by atomic mass is 32.1. The first-order chi connectivity index (χ1) is 7.99. The van der Waals surface area contributed by atoms with Gasteiger partial charge in [-0.15, -0.1) is 17.3 Å². The lowest BCUT2D eigenvalue weighted by Crippen LogP contribution is -2.27. The lowest BCUT2D eigenvalue weighted by Gasteiger charge is -2.16. The van der Waals surface area contributed by atoms with Crippen molar-refractivity contribution in [2.24, 2.45) is 5.73 Å². The topological polar surface area (TPSA) is 38.0 Å². The van der Waals surface area contributed by atoms with Gasteiger partial charge in [-0.3, -0.25) is 5.32 Å². The maximum atomic E-state index is 5.80. The lowest BCUT2D eigenvalue weighted by molar-refractivity contribution is 0.591. The van der Waals surface area contributed by atoms with Gasteiger partial charge in [-0.05, 0) is 24.5 Å². The van der Waals surface area contributed by atoms with Crippen LogP contribution in [-0.2, 0) is 5.41 Å². The van der Waals surface area contributed by atoms with Gasteiger partial charge in [-0.1, -0.05) is 26.7 Å². The zero-order valence-electron chi connectivity index (χ0n) is 11.1. The second-order valence-electron chi connectivity index (χ2n) is 5.05. The van der Waals surface area contributed by atoms with Gasteiger partial charge in [-0.25, -0.2) is 0 Å². The Morgan fingerprint density at radius 1 is 1.41 bits per heavy atom. The summed E-state index contributed by atoms with van der Waals surface area (Å²) in [4.78, 5) is 2.70. The van der Waals surface area contributed by atoms with E-state index >= 15 is 0 Å². The molecule has 0 spiro atoms. The van der Waals surface area contributed by atoms with Crippen molar-refractivity contribution in [3.05, 3.63) is 21.9 Å².